The standard InChI is InChI=1S/C23H25N3O2.C2HF3O2/c24-13-19-6-8-21(9-7-19)14-25-10-11-28-18-23(16-25)12-22(27)26(17-23)15-20-4-2-1-3-5-20;3-2(4,5)1(6)7/h1-9H,10-12,14-18H2;(H,6,7). The Hall–Kier alpha value is -3.42. The molecule has 1 atom stereocenters. The minimum absolute atomic E-state index is 0.144. The topological polar surface area (TPSA) is 93.9 Å². The van der Waals surface area contributed by atoms with Crippen LogP contribution in [-0.4, -0.2) is 65.8 Å². The van der Waals surface area contributed by atoms with Crippen LogP contribution in [0, 0.1) is 16.7 Å². The van der Waals surface area contributed by atoms with Gasteiger partial charge in [0.2, 0.25) is 5.91 Å². The number of ether oxygens (including phenoxy) is 1. The van der Waals surface area contributed by atoms with E-state index < -0.39 is 12.1 Å². The maximum atomic E-state index is 12.7. The molecule has 2 saturated heterocycles. The smallest absolute Gasteiger partial charge is 0.475 e. The molecule has 2 fully saturated rings. The summed E-state index contributed by atoms with van der Waals surface area (Å²) in [7, 11) is 0. The number of carbonyl (C=O) groups is 2. The summed E-state index contributed by atoms with van der Waals surface area (Å²) in [6, 6.07) is 20.1. The first-order valence-corrected chi connectivity index (χ1v) is 11.0. The summed E-state index contributed by atoms with van der Waals surface area (Å²) in [6.07, 6.45) is -4.54. The number of rotatable bonds is 4. The van der Waals surface area contributed by atoms with Crippen LogP contribution in [0.25, 0.3) is 0 Å². The van der Waals surface area contributed by atoms with E-state index in [0.717, 1.165) is 31.7 Å². The summed E-state index contributed by atoms with van der Waals surface area (Å²) in [6.45, 7) is 5.24. The Morgan fingerprint density at radius 3 is 2.29 bits per heavy atom. The number of hydrogen-bond donors (Lipinski definition) is 1. The molecule has 1 amide bonds. The van der Waals surface area contributed by atoms with Gasteiger partial charge in [-0.3, -0.25) is 9.69 Å². The molecule has 2 aliphatic heterocycles. The molecule has 2 aliphatic rings. The highest BCUT2D eigenvalue weighted by Gasteiger charge is 2.45. The SMILES string of the molecule is N#Cc1ccc(CN2CCOCC3(CC(=O)N(Cc4ccccc4)C3)C2)cc1.O=C(O)C(F)(F)F. The Morgan fingerprint density at radius 2 is 1.69 bits per heavy atom. The van der Waals surface area contributed by atoms with Crippen molar-refractivity contribution in [3.8, 4) is 6.07 Å². The van der Waals surface area contributed by atoms with Gasteiger partial charge in [0.1, 0.15) is 0 Å². The molecule has 2 heterocycles. The highest BCUT2D eigenvalue weighted by Crippen LogP contribution is 2.35. The van der Waals surface area contributed by atoms with Crippen LogP contribution >= 0.6 is 0 Å². The van der Waals surface area contributed by atoms with E-state index in [1.165, 1.54) is 5.56 Å². The van der Waals surface area contributed by atoms with Crippen molar-refractivity contribution in [1.29, 1.82) is 5.26 Å². The fourth-order valence-corrected chi connectivity index (χ4v) is 4.29. The average Bonchev–Trinajstić information content (AvgIpc) is 2.98. The van der Waals surface area contributed by atoms with Crippen LogP contribution < -0.4 is 0 Å². The zero-order valence-electron chi connectivity index (χ0n) is 19.0. The lowest BCUT2D eigenvalue weighted by molar-refractivity contribution is -0.192. The fourth-order valence-electron chi connectivity index (χ4n) is 4.29. The van der Waals surface area contributed by atoms with Crippen molar-refractivity contribution >= 4 is 11.9 Å². The van der Waals surface area contributed by atoms with Gasteiger partial charge in [-0.05, 0) is 23.3 Å². The molecule has 4 rings (SSSR count). The molecule has 186 valence electrons. The summed E-state index contributed by atoms with van der Waals surface area (Å²) >= 11 is 0. The van der Waals surface area contributed by atoms with Gasteiger partial charge in [-0.2, -0.15) is 18.4 Å². The van der Waals surface area contributed by atoms with Crippen LogP contribution in [-0.2, 0) is 27.4 Å². The highest BCUT2D eigenvalue weighted by atomic mass is 19.4. The third-order valence-electron chi connectivity index (χ3n) is 5.87. The van der Waals surface area contributed by atoms with Crippen LogP contribution in [0.15, 0.2) is 54.6 Å². The van der Waals surface area contributed by atoms with Crippen LogP contribution in [0.3, 0.4) is 0 Å². The van der Waals surface area contributed by atoms with Crippen LogP contribution in [0.4, 0.5) is 13.2 Å². The van der Waals surface area contributed by atoms with Crippen molar-refractivity contribution in [2.24, 2.45) is 5.41 Å². The Bertz CT molecular complexity index is 1050. The van der Waals surface area contributed by atoms with Gasteiger partial charge in [0.25, 0.3) is 0 Å². The zero-order chi connectivity index (χ0) is 25.5. The normalized spacial score (nSPS) is 20.6. The summed E-state index contributed by atoms with van der Waals surface area (Å²) in [5, 5.41) is 16.1. The molecular formula is C25H26F3N3O4. The van der Waals surface area contributed by atoms with E-state index in [1.54, 1.807) is 0 Å². The van der Waals surface area contributed by atoms with E-state index in [0.29, 0.717) is 31.7 Å². The van der Waals surface area contributed by atoms with E-state index in [-0.39, 0.29) is 11.3 Å². The summed E-state index contributed by atoms with van der Waals surface area (Å²) in [4.78, 5) is 26.0. The number of alkyl halides is 3. The third-order valence-corrected chi connectivity index (χ3v) is 5.87. The molecule has 0 aromatic heterocycles. The number of carboxylic acid groups (broad SMARTS) is 1. The Labute approximate surface area is 201 Å². The molecule has 2 aromatic carbocycles. The van der Waals surface area contributed by atoms with Crippen LogP contribution in [0.2, 0.25) is 0 Å². The molecule has 0 bridgehead atoms. The van der Waals surface area contributed by atoms with Gasteiger partial charge >= 0.3 is 12.1 Å². The van der Waals surface area contributed by atoms with Crippen molar-refractivity contribution in [3.05, 3.63) is 71.3 Å². The first-order valence-electron chi connectivity index (χ1n) is 11.0. The Balaban J connectivity index is 0.000000429. The fraction of sp³-hybridized carbons (Fsp3) is 0.400. The van der Waals surface area contributed by atoms with Gasteiger partial charge in [-0.15, -0.1) is 0 Å². The molecule has 0 saturated carbocycles. The van der Waals surface area contributed by atoms with Crippen LogP contribution in [0.5, 0.6) is 0 Å². The molecule has 1 unspecified atom stereocenters. The molecule has 0 aliphatic carbocycles. The summed E-state index contributed by atoms with van der Waals surface area (Å²) in [5.41, 5.74) is 2.88. The van der Waals surface area contributed by atoms with Crippen molar-refractivity contribution in [2.45, 2.75) is 25.7 Å². The lowest BCUT2D eigenvalue weighted by atomic mass is 9.87. The Kier molecular flexibility index (Phi) is 8.48. The molecule has 1 N–H and O–H groups in total. The number of hydrogen-bond acceptors (Lipinski definition) is 5. The summed E-state index contributed by atoms with van der Waals surface area (Å²) in [5.74, 6) is -2.54. The van der Waals surface area contributed by atoms with Gasteiger partial charge in [0.15, 0.2) is 0 Å². The van der Waals surface area contributed by atoms with Gasteiger partial charge < -0.3 is 14.7 Å². The predicted molar refractivity (Wildman–Crippen MR) is 120 cm³/mol. The number of nitrogens with zero attached hydrogens (tertiary/aromatic N) is 3. The minimum atomic E-state index is -5.08. The monoisotopic (exact) mass is 489 g/mol. The lowest BCUT2D eigenvalue weighted by Crippen LogP contribution is -2.40. The van der Waals surface area contributed by atoms with Gasteiger partial charge in [0, 0.05) is 44.6 Å². The molecule has 35 heavy (non-hydrogen) atoms. The molecule has 1 spiro atoms. The first-order chi connectivity index (χ1) is 16.6. The predicted octanol–water partition coefficient (Wildman–Crippen LogP) is 3.44. The second-order valence-corrected chi connectivity index (χ2v) is 8.79. The maximum absolute atomic E-state index is 12.7. The van der Waals surface area contributed by atoms with E-state index in [4.69, 9.17) is 19.9 Å². The second kappa shape index (κ2) is 11.3. The minimum Gasteiger partial charge on any atom is -0.475 e. The number of amides is 1. The molecule has 10 heteroatoms. The van der Waals surface area contributed by atoms with Gasteiger partial charge in [-0.25, -0.2) is 4.79 Å². The van der Waals surface area contributed by atoms with Gasteiger partial charge in [0.05, 0.1) is 24.8 Å². The first kappa shape index (κ1) is 26.2. The van der Waals surface area contributed by atoms with E-state index in [2.05, 4.69) is 23.1 Å². The van der Waals surface area contributed by atoms with Gasteiger partial charge in [-0.1, -0.05) is 42.5 Å². The quantitative estimate of drug-likeness (QED) is 0.707. The molecule has 2 aromatic rings. The average molecular weight is 489 g/mol. The van der Waals surface area contributed by atoms with Crippen molar-refractivity contribution in [3.63, 3.8) is 0 Å². The number of carboxylic acids is 1. The third kappa shape index (κ3) is 7.53. The molecule has 7 nitrogen and oxygen atoms in total. The second-order valence-electron chi connectivity index (χ2n) is 8.79. The lowest BCUT2D eigenvalue weighted by Gasteiger charge is -2.31. The highest BCUT2D eigenvalue weighted by molar-refractivity contribution is 5.79. The van der Waals surface area contributed by atoms with E-state index in [9.17, 15) is 18.0 Å². The van der Waals surface area contributed by atoms with Crippen molar-refractivity contribution in [2.75, 3.05) is 32.8 Å². The Morgan fingerprint density at radius 1 is 1.06 bits per heavy atom. The number of nitriles is 1. The van der Waals surface area contributed by atoms with Crippen LogP contribution in [0.1, 0.15) is 23.1 Å². The number of carbonyl (C=O) groups excluding carboxylic acids is 1. The molecule has 0 radical (unpaired) electrons. The number of halogens is 3. The van der Waals surface area contributed by atoms with Crippen molar-refractivity contribution in [1.82, 2.24) is 9.80 Å². The zero-order valence-corrected chi connectivity index (χ0v) is 19.0. The number of benzene rings is 2. The number of aliphatic carboxylic acids is 1. The van der Waals surface area contributed by atoms with Crippen molar-refractivity contribution < 1.29 is 32.6 Å². The molecular weight excluding hydrogens is 463 g/mol. The number of likely N-dealkylation sites (tertiary alicyclic amines) is 1. The summed E-state index contributed by atoms with van der Waals surface area (Å²) < 4.78 is 37.7. The maximum Gasteiger partial charge on any atom is 0.490 e. The van der Waals surface area contributed by atoms with E-state index in [1.807, 2.05) is 47.4 Å². The van der Waals surface area contributed by atoms with E-state index >= 15 is 0 Å². The largest absolute Gasteiger partial charge is 0.490 e.